The van der Waals surface area contributed by atoms with E-state index in [2.05, 4.69) is 41.0 Å². The summed E-state index contributed by atoms with van der Waals surface area (Å²) in [7, 11) is 2.08. The van der Waals surface area contributed by atoms with Crippen LogP contribution in [-0.4, -0.2) is 49.5 Å². The molecule has 194 valence electrons. The fourth-order valence-electron chi connectivity index (χ4n) is 4.83. The van der Waals surface area contributed by atoms with Gasteiger partial charge in [-0.1, -0.05) is 37.3 Å². The predicted octanol–water partition coefficient (Wildman–Crippen LogP) is 5.65. The van der Waals surface area contributed by atoms with Crippen LogP contribution >= 0.6 is 11.3 Å². The van der Waals surface area contributed by atoms with Gasteiger partial charge in [-0.15, -0.1) is 10.2 Å². The van der Waals surface area contributed by atoms with E-state index in [9.17, 15) is 4.79 Å². The molecule has 0 aliphatic carbocycles. The molecule has 1 amide bonds. The molecule has 2 aromatic heterocycles. The normalized spacial score (nSPS) is 15.5. The van der Waals surface area contributed by atoms with Gasteiger partial charge in [0.15, 0.2) is 5.82 Å². The number of hydrogen-bond acceptors (Lipinski definition) is 8. The first-order chi connectivity index (χ1) is 18.4. The maximum atomic E-state index is 12.3. The molecule has 4 heterocycles. The zero-order valence-electron chi connectivity index (χ0n) is 21.8. The summed E-state index contributed by atoms with van der Waals surface area (Å²) in [4.78, 5) is 25.9. The number of likely N-dealkylation sites (tertiary alicyclic amines) is 1. The smallest absolute Gasteiger partial charge is 0.222 e. The zero-order chi connectivity index (χ0) is 26.2. The molecule has 0 N–H and O–H groups in total. The first kappa shape index (κ1) is 24.6. The van der Waals surface area contributed by atoms with Crippen molar-refractivity contribution < 1.29 is 9.53 Å². The third kappa shape index (κ3) is 5.04. The summed E-state index contributed by atoms with van der Waals surface area (Å²) in [5.41, 5.74) is 5.10. The lowest BCUT2D eigenvalue weighted by atomic mass is 10.1. The van der Waals surface area contributed by atoms with Crippen LogP contribution in [0.25, 0.3) is 22.0 Å². The van der Waals surface area contributed by atoms with Gasteiger partial charge in [0, 0.05) is 67.0 Å². The minimum absolute atomic E-state index is 0.188. The number of ether oxygens (including phenoxy) is 1. The molecule has 2 aliphatic heterocycles. The summed E-state index contributed by atoms with van der Waals surface area (Å²) >= 11 is 1.61. The van der Waals surface area contributed by atoms with Gasteiger partial charge >= 0.3 is 0 Å². The quantitative estimate of drug-likeness (QED) is 0.308. The molecule has 1 saturated heterocycles. The molecule has 6 rings (SSSR count). The van der Waals surface area contributed by atoms with Crippen LogP contribution in [0.3, 0.4) is 0 Å². The lowest BCUT2D eigenvalue weighted by Gasteiger charge is -2.19. The molecule has 0 unspecified atom stereocenters. The van der Waals surface area contributed by atoms with Crippen LogP contribution < -0.4 is 4.74 Å². The number of aromatic nitrogens is 4. The predicted molar refractivity (Wildman–Crippen MR) is 147 cm³/mol. The Kier molecular flexibility index (Phi) is 6.63. The van der Waals surface area contributed by atoms with Crippen LogP contribution in [0.15, 0.2) is 48.7 Å². The highest BCUT2D eigenvalue weighted by Crippen LogP contribution is 2.34. The van der Waals surface area contributed by atoms with E-state index in [-0.39, 0.29) is 5.91 Å². The van der Waals surface area contributed by atoms with E-state index < -0.39 is 0 Å². The fourth-order valence-corrected chi connectivity index (χ4v) is 5.68. The Morgan fingerprint density at radius 1 is 1.05 bits per heavy atom. The summed E-state index contributed by atoms with van der Waals surface area (Å²) in [6.07, 6.45) is 3.43. The van der Waals surface area contributed by atoms with Crippen LogP contribution in [-0.2, 0) is 24.4 Å². The summed E-state index contributed by atoms with van der Waals surface area (Å²) in [6, 6.07) is 14.0. The Bertz CT molecular complexity index is 1480. The maximum Gasteiger partial charge on any atom is 0.222 e. The van der Waals surface area contributed by atoms with Crippen molar-refractivity contribution in [3.05, 3.63) is 70.5 Å². The summed E-state index contributed by atoms with van der Waals surface area (Å²) < 4.78 is 6.43. The van der Waals surface area contributed by atoms with Crippen molar-refractivity contribution >= 4 is 17.2 Å². The van der Waals surface area contributed by atoms with Gasteiger partial charge in [-0.05, 0) is 43.8 Å². The Morgan fingerprint density at radius 2 is 1.87 bits per heavy atom. The number of rotatable bonds is 7. The van der Waals surface area contributed by atoms with Gasteiger partial charge in [0.2, 0.25) is 5.91 Å². The van der Waals surface area contributed by atoms with Crippen molar-refractivity contribution in [3.8, 4) is 33.5 Å². The molecule has 2 aliphatic rings. The molecule has 0 bridgehead atoms. The van der Waals surface area contributed by atoms with Crippen LogP contribution in [0.2, 0.25) is 0 Å². The molecule has 38 heavy (non-hydrogen) atoms. The number of carbonyl (C=O) groups is 1. The second-order valence-corrected chi connectivity index (χ2v) is 11.3. The second-order valence-electron chi connectivity index (χ2n) is 10.3. The molecule has 0 radical (unpaired) electrons. The minimum Gasteiger partial charge on any atom is -0.457 e. The van der Waals surface area contributed by atoms with Crippen molar-refractivity contribution in [2.24, 2.45) is 0 Å². The second kappa shape index (κ2) is 10.2. The van der Waals surface area contributed by atoms with Crippen LogP contribution in [0.1, 0.15) is 54.4 Å². The highest BCUT2D eigenvalue weighted by atomic mass is 32.1. The summed E-state index contributed by atoms with van der Waals surface area (Å²) in [5.74, 6) is 2.64. The Morgan fingerprint density at radius 3 is 2.61 bits per heavy atom. The highest BCUT2D eigenvalue weighted by molar-refractivity contribution is 7.14. The Hall–Kier alpha value is -3.69. The van der Waals surface area contributed by atoms with Crippen molar-refractivity contribution in [2.75, 3.05) is 13.6 Å². The van der Waals surface area contributed by atoms with E-state index in [1.807, 2.05) is 53.6 Å². The number of nitrogens with zero attached hydrogens (tertiary/aromatic N) is 6. The van der Waals surface area contributed by atoms with Crippen molar-refractivity contribution in [1.29, 1.82) is 0 Å². The van der Waals surface area contributed by atoms with E-state index >= 15 is 0 Å². The van der Waals surface area contributed by atoms with Crippen LogP contribution in [0.4, 0.5) is 0 Å². The molecule has 2 aromatic carbocycles. The molecular weight excluding hydrogens is 496 g/mol. The third-order valence-corrected chi connectivity index (χ3v) is 8.21. The van der Waals surface area contributed by atoms with Gasteiger partial charge in [-0.3, -0.25) is 9.69 Å². The molecule has 0 spiro atoms. The monoisotopic (exact) mass is 526 g/mol. The van der Waals surface area contributed by atoms with Gasteiger partial charge < -0.3 is 9.64 Å². The van der Waals surface area contributed by atoms with E-state index in [1.54, 1.807) is 11.3 Å². The van der Waals surface area contributed by atoms with Gasteiger partial charge in [0.25, 0.3) is 0 Å². The maximum absolute atomic E-state index is 12.3. The van der Waals surface area contributed by atoms with Crippen LogP contribution in [0, 0.1) is 0 Å². The van der Waals surface area contributed by atoms with Crippen molar-refractivity contribution in [3.63, 3.8) is 0 Å². The first-order valence-corrected chi connectivity index (χ1v) is 13.8. The molecule has 0 saturated carbocycles. The summed E-state index contributed by atoms with van der Waals surface area (Å²) in [6.45, 7) is 7.23. The number of fused-ring (bicyclic) bond motifs is 1. The SMILES string of the molecule is CC(C)c1nnc(-c2ccc(Oc3cc(-c4ncc5c(n4)CN(C)C5)ccc3CN3CCCC3=O)cc2)s1. The molecule has 9 heteroatoms. The standard InChI is InChI=1S/C29H30N6O2S/c1-18(2)28-32-33-29(38-28)19-8-10-23(11-9-19)37-25-13-20(6-7-21(25)16-35-12-4-5-26(35)36)27-30-14-22-15-34(3)17-24(22)31-27/h6-11,13-14,18H,4-5,12,15-17H2,1-3H3. The lowest BCUT2D eigenvalue weighted by Crippen LogP contribution is -2.24. The zero-order valence-corrected chi connectivity index (χ0v) is 22.7. The summed E-state index contributed by atoms with van der Waals surface area (Å²) in [5, 5.41) is 10.6. The molecular formula is C29H30N6O2S. The Labute approximate surface area is 226 Å². The Balaban J connectivity index is 1.29. The number of hydrogen-bond donors (Lipinski definition) is 0. The van der Waals surface area contributed by atoms with Gasteiger partial charge in [0.05, 0.1) is 5.69 Å². The van der Waals surface area contributed by atoms with Crippen molar-refractivity contribution in [2.45, 2.75) is 52.2 Å². The van der Waals surface area contributed by atoms with E-state index in [0.29, 0.717) is 36.2 Å². The van der Waals surface area contributed by atoms with Crippen molar-refractivity contribution in [1.82, 2.24) is 30.0 Å². The van der Waals surface area contributed by atoms with Gasteiger partial charge in [0.1, 0.15) is 21.5 Å². The average molecular weight is 527 g/mol. The van der Waals surface area contributed by atoms with E-state index in [0.717, 1.165) is 58.5 Å². The molecule has 8 nitrogen and oxygen atoms in total. The first-order valence-electron chi connectivity index (χ1n) is 13.0. The topological polar surface area (TPSA) is 84.3 Å². The van der Waals surface area contributed by atoms with E-state index in [4.69, 9.17) is 9.72 Å². The number of benzene rings is 2. The molecule has 4 aromatic rings. The highest BCUT2D eigenvalue weighted by Gasteiger charge is 2.23. The number of carbonyl (C=O) groups excluding carboxylic acids is 1. The average Bonchev–Trinajstić information content (AvgIpc) is 3.65. The lowest BCUT2D eigenvalue weighted by molar-refractivity contribution is -0.128. The van der Waals surface area contributed by atoms with Crippen LogP contribution in [0.5, 0.6) is 11.5 Å². The fraction of sp³-hybridized carbons (Fsp3) is 0.345. The largest absolute Gasteiger partial charge is 0.457 e. The third-order valence-electron chi connectivity index (χ3n) is 6.94. The molecule has 1 fully saturated rings. The van der Waals surface area contributed by atoms with Gasteiger partial charge in [-0.25, -0.2) is 9.97 Å². The molecule has 0 atom stereocenters. The van der Waals surface area contributed by atoms with Gasteiger partial charge in [-0.2, -0.15) is 0 Å². The minimum atomic E-state index is 0.188. The number of amides is 1. The van der Waals surface area contributed by atoms with E-state index in [1.165, 1.54) is 5.56 Å².